The molecule has 1 heterocycles. The van der Waals surface area contributed by atoms with E-state index in [1.807, 2.05) is 11.8 Å². The van der Waals surface area contributed by atoms with Crippen molar-refractivity contribution >= 4 is 5.97 Å². The second-order valence-electron chi connectivity index (χ2n) is 5.35. The Morgan fingerprint density at radius 1 is 1.57 bits per heavy atom. The van der Waals surface area contributed by atoms with Gasteiger partial charge in [0.25, 0.3) is 0 Å². The Morgan fingerprint density at radius 2 is 2.33 bits per heavy atom. The highest BCUT2D eigenvalue weighted by atomic mass is 16.5. The summed E-state index contributed by atoms with van der Waals surface area (Å²) < 4.78 is 5.33. The highest BCUT2D eigenvalue weighted by Crippen LogP contribution is 2.35. The van der Waals surface area contributed by atoms with Gasteiger partial charge in [-0.05, 0) is 44.0 Å². The van der Waals surface area contributed by atoms with Gasteiger partial charge in [0, 0.05) is 12.1 Å². The predicted octanol–water partition coefficient (Wildman–Crippen LogP) is 2.40. The van der Waals surface area contributed by atoms with E-state index in [9.17, 15) is 9.90 Å². The molecule has 112 valence electrons. The number of likely N-dealkylation sites (tertiary alicyclic amines) is 1. The van der Waals surface area contributed by atoms with Gasteiger partial charge in [-0.15, -0.1) is 0 Å². The SMILES string of the molecule is CCC1(C(=O)O)CCCN1Cc1cc(C#N)ccc1OC. The maximum Gasteiger partial charge on any atom is 0.324 e. The molecule has 1 N–H and O–H groups in total. The van der Waals surface area contributed by atoms with Crippen molar-refractivity contribution in [2.75, 3.05) is 13.7 Å². The Hall–Kier alpha value is -2.06. The molecule has 1 saturated heterocycles. The number of carbonyl (C=O) groups is 1. The number of aliphatic carboxylic acids is 1. The fourth-order valence-electron chi connectivity index (χ4n) is 3.14. The van der Waals surface area contributed by atoms with Crippen LogP contribution < -0.4 is 4.74 Å². The molecule has 21 heavy (non-hydrogen) atoms. The normalized spacial score (nSPS) is 22.0. The van der Waals surface area contributed by atoms with Gasteiger partial charge in [0.15, 0.2) is 0 Å². The average molecular weight is 288 g/mol. The average Bonchev–Trinajstić information content (AvgIpc) is 2.91. The van der Waals surface area contributed by atoms with E-state index in [2.05, 4.69) is 6.07 Å². The van der Waals surface area contributed by atoms with Crippen molar-refractivity contribution in [1.29, 1.82) is 5.26 Å². The third-order valence-corrected chi connectivity index (χ3v) is 4.38. The number of carboxylic acids is 1. The maximum atomic E-state index is 11.7. The fraction of sp³-hybridized carbons (Fsp3) is 0.500. The van der Waals surface area contributed by atoms with E-state index in [4.69, 9.17) is 10.00 Å². The lowest BCUT2D eigenvalue weighted by atomic mass is 9.92. The van der Waals surface area contributed by atoms with Crippen molar-refractivity contribution in [3.05, 3.63) is 29.3 Å². The van der Waals surface area contributed by atoms with E-state index in [-0.39, 0.29) is 0 Å². The molecule has 0 radical (unpaired) electrons. The maximum absolute atomic E-state index is 11.7. The Morgan fingerprint density at radius 3 is 2.90 bits per heavy atom. The van der Waals surface area contributed by atoms with Gasteiger partial charge in [-0.1, -0.05) is 6.92 Å². The van der Waals surface area contributed by atoms with E-state index in [1.165, 1.54) is 0 Å². The summed E-state index contributed by atoms with van der Waals surface area (Å²) in [4.78, 5) is 13.7. The molecule has 0 saturated carbocycles. The minimum atomic E-state index is -0.798. The fourth-order valence-corrected chi connectivity index (χ4v) is 3.14. The molecule has 1 aliphatic heterocycles. The van der Waals surface area contributed by atoms with Gasteiger partial charge >= 0.3 is 5.97 Å². The number of hydrogen-bond donors (Lipinski definition) is 1. The van der Waals surface area contributed by atoms with Crippen molar-refractivity contribution in [3.8, 4) is 11.8 Å². The highest BCUT2D eigenvalue weighted by Gasteiger charge is 2.46. The monoisotopic (exact) mass is 288 g/mol. The van der Waals surface area contributed by atoms with Crippen LogP contribution in [0.15, 0.2) is 18.2 Å². The van der Waals surface area contributed by atoms with Crippen LogP contribution in [0, 0.1) is 11.3 Å². The minimum absolute atomic E-state index is 0.485. The van der Waals surface area contributed by atoms with E-state index < -0.39 is 11.5 Å². The largest absolute Gasteiger partial charge is 0.496 e. The molecule has 0 bridgehead atoms. The van der Waals surface area contributed by atoms with Crippen LogP contribution in [0.3, 0.4) is 0 Å². The predicted molar refractivity (Wildman–Crippen MR) is 78.0 cm³/mol. The van der Waals surface area contributed by atoms with E-state index in [0.29, 0.717) is 30.7 Å². The molecule has 5 nitrogen and oxygen atoms in total. The second kappa shape index (κ2) is 6.15. The van der Waals surface area contributed by atoms with Crippen LogP contribution in [0.25, 0.3) is 0 Å². The molecule has 1 aliphatic rings. The van der Waals surface area contributed by atoms with Crippen LogP contribution in [0.2, 0.25) is 0 Å². The third kappa shape index (κ3) is 2.72. The van der Waals surface area contributed by atoms with Crippen molar-refractivity contribution in [1.82, 2.24) is 4.90 Å². The zero-order valence-corrected chi connectivity index (χ0v) is 12.4. The number of ether oxygens (including phenoxy) is 1. The topological polar surface area (TPSA) is 73.6 Å². The molecule has 5 heteroatoms. The van der Waals surface area contributed by atoms with Crippen molar-refractivity contribution in [2.24, 2.45) is 0 Å². The summed E-state index contributed by atoms with van der Waals surface area (Å²) in [6, 6.07) is 7.36. The molecule has 1 fully saturated rings. The number of nitriles is 1. The van der Waals surface area contributed by atoms with Crippen molar-refractivity contribution in [2.45, 2.75) is 38.3 Å². The molecule has 1 aromatic rings. The first-order valence-corrected chi connectivity index (χ1v) is 7.13. The first-order chi connectivity index (χ1) is 10.1. The Bertz CT molecular complexity index is 579. The molecule has 0 aromatic heterocycles. The molecule has 0 amide bonds. The number of methoxy groups -OCH3 is 1. The number of carboxylic acid groups (broad SMARTS) is 1. The molecule has 0 aliphatic carbocycles. The van der Waals surface area contributed by atoms with Crippen LogP contribution in [-0.2, 0) is 11.3 Å². The summed E-state index contributed by atoms with van der Waals surface area (Å²) in [5.74, 6) is -0.0748. The zero-order chi connectivity index (χ0) is 15.5. The van der Waals surface area contributed by atoms with Gasteiger partial charge in [0.05, 0.1) is 18.7 Å². The number of benzene rings is 1. The van der Waals surface area contributed by atoms with E-state index in [1.54, 1.807) is 25.3 Å². The first kappa shape index (κ1) is 15.3. The van der Waals surface area contributed by atoms with Crippen LogP contribution >= 0.6 is 0 Å². The Balaban J connectivity index is 2.33. The standard InChI is InChI=1S/C16H20N2O3/c1-3-16(15(19)20)7-4-8-18(16)11-13-9-12(10-17)5-6-14(13)21-2/h5-6,9H,3-4,7-8,11H2,1-2H3,(H,19,20). The molecule has 1 atom stereocenters. The highest BCUT2D eigenvalue weighted by molar-refractivity contribution is 5.79. The van der Waals surface area contributed by atoms with Gasteiger partial charge in [-0.3, -0.25) is 9.69 Å². The number of hydrogen-bond acceptors (Lipinski definition) is 4. The quantitative estimate of drug-likeness (QED) is 0.900. The van der Waals surface area contributed by atoms with Gasteiger partial charge in [-0.25, -0.2) is 0 Å². The molecule has 1 aromatic carbocycles. The first-order valence-electron chi connectivity index (χ1n) is 7.13. The van der Waals surface area contributed by atoms with Gasteiger partial charge in [0.1, 0.15) is 11.3 Å². The Kier molecular flexibility index (Phi) is 4.49. The lowest BCUT2D eigenvalue weighted by Gasteiger charge is -2.34. The lowest BCUT2D eigenvalue weighted by Crippen LogP contribution is -2.49. The molecule has 1 unspecified atom stereocenters. The van der Waals surface area contributed by atoms with E-state index >= 15 is 0 Å². The number of nitrogens with zero attached hydrogens (tertiary/aromatic N) is 2. The summed E-state index contributed by atoms with van der Waals surface area (Å²) in [5.41, 5.74) is 0.619. The molecular weight excluding hydrogens is 268 g/mol. The second-order valence-corrected chi connectivity index (χ2v) is 5.35. The summed E-state index contributed by atoms with van der Waals surface area (Å²) in [6.45, 7) is 3.15. The summed E-state index contributed by atoms with van der Waals surface area (Å²) in [7, 11) is 1.58. The van der Waals surface area contributed by atoms with E-state index in [0.717, 1.165) is 18.5 Å². The van der Waals surface area contributed by atoms with Gasteiger partial charge < -0.3 is 9.84 Å². The van der Waals surface area contributed by atoms with Crippen molar-refractivity contribution < 1.29 is 14.6 Å². The zero-order valence-electron chi connectivity index (χ0n) is 12.4. The lowest BCUT2D eigenvalue weighted by molar-refractivity contribution is -0.150. The molecule has 2 rings (SSSR count). The molecule has 0 spiro atoms. The minimum Gasteiger partial charge on any atom is -0.496 e. The third-order valence-electron chi connectivity index (χ3n) is 4.38. The van der Waals surface area contributed by atoms with Gasteiger partial charge in [0.2, 0.25) is 0 Å². The van der Waals surface area contributed by atoms with Crippen LogP contribution in [0.1, 0.15) is 37.3 Å². The van der Waals surface area contributed by atoms with Gasteiger partial charge in [-0.2, -0.15) is 5.26 Å². The van der Waals surface area contributed by atoms with Crippen LogP contribution in [-0.4, -0.2) is 35.2 Å². The summed E-state index contributed by atoms with van der Waals surface area (Å²) in [6.07, 6.45) is 2.11. The van der Waals surface area contributed by atoms with Crippen LogP contribution in [0.5, 0.6) is 5.75 Å². The van der Waals surface area contributed by atoms with Crippen LogP contribution in [0.4, 0.5) is 0 Å². The summed E-state index contributed by atoms with van der Waals surface area (Å²) >= 11 is 0. The van der Waals surface area contributed by atoms with Crippen molar-refractivity contribution in [3.63, 3.8) is 0 Å². The number of rotatable bonds is 5. The summed E-state index contributed by atoms with van der Waals surface area (Å²) in [5, 5.41) is 18.6. The smallest absolute Gasteiger partial charge is 0.324 e. The Labute approximate surface area is 124 Å². The molecular formula is C16H20N2O3.